The summed E-state index contributed by atoms with van der Waals surface area (Å²) in [6.45, 7) is 3.37. The van der Waals surface area contributed by atoms with Gasteiger partial charge in [-0.05, 0) is 18.4 Å². The first-order valence-corrected chi connectivity index (χ1v) is 6.87. The molecule has 0 spiro atoms. The summed E-state index contributed by atoms with van der Waals surface area (Å²) in [4.78, 5) is 10.4. The van der Waals surface area contributed by atoms with Crippen LogP contribution in [0.3, 0.4) is 0 Å². The maximum absolute atomic E-state index is 10.8. The van der Waals surface area contributed by atoms with E-state index in [1.54, 1.807) is 17.8 Å². The molecule has 0 saturated heterocycles. The van der Waals surface area contributed by atoms with E-state index in [-0.39, 0.29) is 10.6 Å². The Balaban J connectivity index is 2.68. The van der Waals surface area contributed by atoms with Gasteiger partial charge in [-0.15, -0.1) is 0 Å². The fraction of sp³-hybridized carbons (Fsp3) is 0.455. The average Bonchev–Trinajstić information content (AvgIpc) is 2.28. The summed E-state index contributed by atoms with van der Waals surface area (Å²) < 4.78 is 0. The highest BCUT2D eigenvalue weighted by Crippen LogP contribution is 2.22. The van der Waals surface area contributed by atoms with Crippen LogP contribution in [0.5, 0.6) is 0 Å². The fourth-order valence-electron chi connectivity index (χ4n) is 1.37. The molecule has 4 nitrogen and oxygen atoms in total. The highest BCUT2D eigenvalue weighted by atomic mass is 35.5. The number of benzene rings is 1. The van der Waals surface area contributed by atoms with Crippen LogP contribution in [0.25, 0.3) is 0 Å². The summed E-state index contributed by atoms with van der Waals surface area (Å²) >= 11 is 7.59. The largest absolute Gasteiger partial charge is 0.311 e. The SMILES string of the molecule is CSC(C)CNCc1cc(Cl)ccc1[N+](=O)[O-]. The minimum atomic E-state index is -0.384. The Hall–Kier alpha value is -0.780. The molecule has 1 N–H and O–H groups in total. The van der Waals surface area contributed by atoms with Crippen LogP contribution in [0.15, 0.2) is 18.2 Å². The molecule has 0 aliphatic rings. The van der Waals surface area contributed by atoms with Crippen molar-refractivity contribution >= 4 is 29.1 Å². The summed E-state index contributed by atoms with van der Waals surface area (Å²) in [5, 5.41) is 15.0. The number of nitro benzene ring substituents is 1. The first-order chi connectivity index (χ1) is 8.04. The Bertz CT molecular complexity index is 401. The van der Waals surface area contributed by atoms with Crippen molar-refractivity contribution in [1.29, 1.82) is 0 Å². The molecule has 1 atom stereocenters. The van der Waals surface area contributed by atoms with Gasteiger partial charge < -0.3 is 5.32 Å². The molecule has 1 aromatic carbocycles. The monoisotopic (exact) mass is 274 g/mol. The molecule has 94 valence electrons. The van der Waals surface area contributed by atoms with Crippen molar-refractivity contribution in [2.45, 2.75) is 18.7 Å². The highest BCUT2D eigenvalue weighted by Gasteiger charge is 2.13. The third-order valence-corrected chi connectivity index (χ3v) is 3.59. The summed E-state index contributed by atoms with van der Waals surface area (Å²) in [6, 6.07) is 4.61. The summed E-state index contributed by atoms with van der Waals surface area (Å²) in [5.41, 5.74) is 0.731. The second-order valence-corrected chi connectivity index (χ2v) is 5.42. The lowest BCUT2D eigenvalue weighted by Crippen LogP contribution is -2.22. The van der Waals surface area contributed by atoms with Crippen LogP contribution in [-0.4, -0.2) is 23.0 Å². The molecule has 0 fully saturated rings. The smallest absolute Gasteiger partial charge is 0.273 e. The molecule has 0 aliphatic carbocycles. The summed E-state index contributed by atoms with van der Waals surface area (Å²) in [5.74, 6) is 0. The van der Waals surface area contributed by atoms with Crippen molar-refractivity contribution < 1.29 is 4.92 Å². The Morgan fingerprint density at radius 3 is 2.88 bits per heavy atom. The standard InChI is InChI=1S/C11H15ClN2O2S/c1-8(17-2)6-13-7-9-5-10(12)3-4-11(9)14(15)16/h3-5,8,13H,6-7H2,1-2H3. The van der Waals surface area contributed by atoms with E-state index < -0.39 is 0 Å². The molecule has 1 rings (SSSR count). The van der Waals surface area contributed by atoms with Gasteiger partial charge in [-0.1, -0.05) is 18.5 Å². The zero-order valence-electron chi connectivity index (χ0n) is 9.77. The predicted octanol–water partition coefficient (Wildman–Crippen LogP) is 3.09. The van der Waals surface area contributed by atoms with E-state index in [1.165, 1.54) is 12.1 Å². The van der Waals surface area contributed by atoms with Gasteiger partial charge in [0.15, 0.2) is 0 Å². The molecule has 6 heteroatoms. The maximum Gasteiger partial charge on any atom is 0.273 e. The summed E-state index contributed by atoms with van der Waals surface area (Å²) in [7, 11) is 0. The summed E-state index contributed by atoms with van der Waals surface area (Å²) in [6.07, 6.45) is 2.04. The number of rotatable bonds is 6. The van der Waals surface area contributed by atoms with Crippen molar-refractivity contribution in [3.8, 4) is 0 Å². The Morgan fingerprint density at radius 2 is 2.29 bits per heavy atom. The first-order valence-electron chi connectivity index (χ1n) is 5.21. The second kappa shape index (κ2) is 6.83. The zero-order chi connectivity index (χ0) is 12.8. The molecule has 0 heterocycles. The van der Waals surface area contributed by atoms with Gasteiger partial charge in [0.2, 0.25) is 0 Å². The van der Waals surface area contributed by atoms with Gasteiger partial charge in [0, 0.05) is 35.0 Å². The maximum atomic E-state index is 10.8. The minimum Gasteiger partial charge on any atom is -0.311 e. The zero-order valence-corrected chi connectivity index (χ0v) is 11.3. The predicted molar refractivity (Wildman–Crippen MR) is 72.8 cm³/mol. The molecule has 1 unspecified atom stereocenters. The fourth-order valence-corrected chi connectivity index (χ4v) is 1.85. The van der Waals surface area contributed by atoms with Crippen molar-refractivity contribution in [2.75, 3.05) is 12.8 Å². The van der Waals surface area contributed by atoms with Crippen LogP contribution < -0.4 is 5.32 Å². The Morgan fingerprint density at radius 1 is 1.59 bits per heavy atom. The van der Waals surface area contributed by atoms with E-state index in [0.29, 0.717) is 22.4 Å². The van der Waals surface area contributed by atoms with Crippen LogP contribution in [0.2, 0.25) is 5.02 Å². The number of nitrogens with one attached hydrogen (secondary N) is 1. The third kappa shape index (κ3) is 4.53. The molecule has 0 saturated carbocycles. The van der Waals surface area contributed by atoms with Crippen LogP contribution in [0.4, 0.5) is 5.69 Å². The van der Waals surface area contributed by atoms with Gasteiger partial charge in [0.05, 0.1) is 4.92 Å². The van der Waals surface area contributed by atoms with Crippen molar-refractivity contribution in [3.05, 3.63) is 38.9 Å². The van der Waals surface area contributed by atoms with E-state index in [2.05, 4.69) is 12.2 Å². The lowest BCUT2D eigenvalue weighted by molar-refractivity contribution is -0.385. The number of halogens is 1. The molecular weight excluding hydrogens is 260 g/mol. The van der Waals surface area contributed by atoms with Crippen molar-refractivity contribution in [1.82, 2.24) is 5.32 Å². The second-order valence-electron chi connectivity index (χ2n) is 3.71. The van der Waals surface area contributed by atoms with E-state index in [1.807, 2.05) is 6.26 Å². The molecule has 17 heavy (non-hydrogen) atoms. The van der Waals surface area contributed by atoms with Crippen LogP contribution >= 0.6 is 23.4 Å². The van der Waals surface area contributed by atoms with E-state index in [9.17, 15) is 10.1 Å². The van der Waals surface area contributed by atoms with Crippen LogP contribution in [0.1, 0.15) is 12.5 Å². The van der Waals surface area contributed by atoms with Crippen LogP contribution in [0, 0.1) is 10.1 Å². The average molecular weight is 275 g/mol. The van der Waals surface area contributed by atoms with Crippen molar-refractivity contribution in [2.24, 2.45) is 0 Å². The third-order valence-electron chi connectivity index (χ3n) is 2.39. The van der Waals surface area contributed by atoms with E-state index in [0.717, 1.165) is 6.54 Å². The Labute approximate surface area is 110 Å². The lowest BCUT2D eigenvalue weighted by Gasteiger charge is -2.10. The van der Waals surface area contributed by atoms with E-state index in [4.69, 9.17) is 11.6 Å². The molecule has 0 bridgehead atoms. The first kappa shape index (κ1) is 14.3. The topological polar surface area (TPSA) is 55.2 Å². The number of thioether (sulfide) groups is 1. The molecule has 0 aromatic heterocycles. The Kier molecular flexibility index (Phi) is 5.74. The van der Waals surface area contributed by atoms with E-state index >= 15 is 0 Å². The van der Waals surface area contributed by atoms with Gasteiger partial charge in [0.25, 0.3) is 5.69 Å². The number of hydrogen-bond donors (Lipinski definition) is 1. The van der Waals surface area contributed by atoms with Crippen LogP contribution in [-0.2, 0) is 6.54 Å². The van der Waals surface area contributed by atoms with Gasteiger partial charge in [-0.3, -0.25) is 10.1 Å². The normalized spacial score (nSPS) is 12.4. The van der Waals surface area contributed by atoms with Gasteiger partial charge in [-0.25, -0.2) is 0 Å². The van der Waals surface area contributed by atoms with Gasteiger partial charge in [0.1, 0.15) is 0 Å². The number of nitrogens with zero attached hydrogens (tertiary/aromatic N) is 1. The number of nitro groups is 1. The minimum absolute atomic E-state index is 0.110. The molecule has 0 radical (unpaired) electrons. The molecule has 0 aliphatic heterocycles. The van der Waals surface area contributed by atoms with Crippen molar-refractivity contribution in [3.63, 3.8) is 0 Å². The molecular formula is C11H15ClN2O2S. The number of hydrogen-bond acceptors (Lipinski definition) is 4. The van der Waals surface area contributed by atoms with Gasteiger partial charge in [-0.2, -0.15) is 11.8 Å². The molecule has 0 amide bonds. The van der Waals surface area contributed by atoms with Gasteiger partial charge >= 0.3 is 0 Å². The lowest BCUT2D eigenvalue weighted by atomic mass is 10.2. The molecule has 1 aromatic rings. The quantitative estimate of drug-likeness (QED) is 0.640. The highest BCUT2D eigenvalue weighted by molar-refractivity contribution is 7.99.